The van der Waals surface area contributed by atoms with Gasteiger partial charge in [0.1, 0.15) is 5.75 Å². The molecule has 0 aliphatic carbocycles. The average Bonchev–Trinajstić information content (AvgIpc) is 2.59. The van der Waals surface area contributed by atoms with E-state index in [1.54, 1.807) is 11.9 Å². The first kappa shape index (κ1) is 16.9. The summed E-state index contributed by atoms with van der Waals surface area (Å²) in [5.74, 6) is 0.888. The molecule has 4 heteroatoms. The molecule has 0 bridgehead atoms. The number of nitrogens with zero attached hydrogens (tertiary/aromatic N) is 1. The molecule has 0 aliphatic rings. The Hall–Kier alpha value is -2.49. The van der Waals surface area contributed by atoms with E-state index in [4.69, 9.17) is 4.74 Å². The Morgan fingerprint density at radius 1 is 1.00 bits per heavy atom. The topological polar surface area (TPSA) is 41.6 Å². The molecule has 0 heterocycles. The third-order valence-electron chi connectivity index (χ3n) is 3.47. The van der Waals surface area contributed by atoms with Gasteiger partial charge in [-0.1, -0.05) is 48.5 Å². The van der Waals surface area contributed by atoms with E-state index in [1.165, 1.54) is 0 Å². The zero-order valence-corrected chi connectivity index (χ0v) is 13.6. The first-order chi connectivity index (χ1) is 11.3. The second-order valence-electron chi connectivity index (χ2n) is 5.44. The summed E-state index contributed by atoms with van der Waals surface area (Å²) in [6.07, 6.45) is 1.81. The lowest BCUT2D eigenvalue weighted by molar-refractivity contribution is 0.206. The van der Waals surface area contributed by atoms with E-state index >= 15 is 0 Å². The minimum absolute atomic E-state index is 0.0437. The maximum absolute atomic E-state index is 12.0. The Morgan fingerprint density at radius 2 is 1.65 bits per heavy atom. The molecule has 0 saturated carbocycles. The molecule has 0 radical (unpaired) electrons. The molecule has 122 valence electrons. The third-order valence-corrected chi connectivity index (χ3v) is 3.47. The van der Waals surface area contributed by atoms with Crippen LogP contribution in [-0.2, 0) is 6.54 Å². The molecular weight excluding hydrogens is 288 g/mol. The summed E-state index contributed by atoms with van der Waals surface area (Å²) in [7, 11) is 1.81. The molecule has 2 aromatic carbocycles. The van der Waals surface area contributed by atoms with Crippen LogP contribution in [0.15, 0.2) is 60.7 Å². The van der Waals surface area contributed by atoms with E-state index in [1.807, 2.05) is 60.7 Å². The van der Waals surface area contributed by atoms with Crippen molar-refractivity contribution < 1.29 is 9.53 Å². The number of benzene rings is 2. The number of carbonyl (C=O) groups is 1. The van der Waals surface area contributed by atoms with Gasteiger partial charge in [-0.3, -0.25) is 0 Å². The standard InChI is InChI=1S/C19H24N2O2/c1-21(16-17-10-4-2-5-11-17)19(22)20-14-8-9-15-23-18-12-6-3-7-13-18/h2-7,10-13H,8-9,14-16H2,1H3,(H,20,22). The van der Waals surface area contributed by atoms with Crippen molar-refractivity contribution in [1.82, 2.24) is 10.2 Å². The van der Waals surface area contributed by atoms with Gasteiger partial charge >= 0.3 is 6.03 Å². The minimum Gasteiger partial charge on any atom is -0.494 e. The van der Waals surface area contributed by atoms with Crippen LogP contribution in [0.3, 0.4) is 0 Å². The number of ether oxygens (including phenoxy) is 1. The highest BCUT2D eigenvalue weighted by Crippen LogP contribution is 2.08. The quantitative estimate of drug-likeness (QED) is 0.755. The molecule has 0 saturated heterocycles. The Balaban J connectivity index is 1.56. The Bertz CT molecular complexity index is 572. The number of hydrogen-bond donors (Lipinski definition) is 1. The van der Waals surface area contributed by atoms with Crippen molar-refractivity contribution in [3.05, 3.63) is 66.2 Å². The SMILES string of the molecule is CN(Cc1ccccc1)C(=O)NCCCCOc1ccccc1. The molecule has 0 spiro atoms. The van der Waals surface area contributed by atoms with E-state index in [0.29, 0.717) is 19.7 Å². The highest BCUT2D eigenvalue weighted by Gasteiger charge is 2.07. The number of para-hydroxylation sites is 1. The number of rotatable bonds is 8. The van der Waals surface area contributed by atoms with Gasteiger partial charge in [-0.2, -0.15) is 0 Å². The summed E-state index contributed by atoms with van der Waals surface area (Å²) >= 11 is 0. The Kier molecular flexibility index (Phi) is 6.98. The molecule has 2 aromatic rings. The van der Waals surface area contributed by atoms with Crippen LogP contribution in [0, 0.1) is 0 Å². The molecule has 23 heavy (non-hydrogen) atoms. The fraction of sp³-hybridized carbons (Fsp3) is 0.316. The summed E-state index contributed by atoms with van der Waals surface area (Å²) in [6.45, 7) is 1.94. The molecule has 2 amide bonds. The van der Waals surface area contributed by atoms with Crippen molar-refractivity contribution in [1.29, 1.82) is 0 Å². The van der Waals surface area contributed by atoms with E-state index in [0.717, 1.165) is 24.2 Å². The number of amides is 2. The van der Waals surface area contributed by atoms with Crippen LogP contribution in [0.5, 0.6) is 5.75 Å². The van der Waals surface area contributed by atoms with Crippen molar-refractivity contribution >= 4 is 6.03 Å². The number of hydrogen-bond acceptors (Lipinski definition) is 2. The van der Waals surface area contributed by atoms with Gasteiger partial charge in [-0.05, 0) is 30.5 Å². The summed E-state index contributed by atoms with van der Waals surface area (Å²) in [5, 5.41) is 2.93. The van der Waals surface area contributed by atoms with Gasteiger partial charge < -0.3 is 15.0 Å². The molecule has 4 nitrogen and oxygen atoms in total. The molecule has 2 rings (SSSR count). The zero-order valence-electron chi connectivity index (χ0n) is 13.6. The highest BCUT2D eigenvalue weighted by atomic mass is 16.5. The smallest absolute Gasteiger partial charge is 0.317 e. The van der Waals surface area contributed by atoms with Gasteiger partial charge in [0.25, 0.3) is 0 Å². The molecule has 0 unspecified atom stereocenters. The lowest BCUT2D eigenvalue weighted by atomic mass is 10.2. The third kappa shape index (κ3) is 6.43. The predicted molar refractivity (Wildman–Crippen MR) is 92.5 cm³/mol. The van der Waals surface area contributed by atoms with Gasteiger partial charge in [0.2, 0.25) is 0 Å². The number of urea groups is 1. The van der Waals surface area contributed by atoms with Crippen molar-refractivity contribution in [3.8, 4) is 5.75 Å². The fourth-order valence-electron chi connectivity index (χ4n) is 2.19. The Morgan fingerprint density at radius 3 is 2.35 bits per heavy atom. The van der Waals surface area contributed by atoms with E-state index in [9.17, 15) is 4.79 Å². The highest BCUT2D eigenvalue weighted by molar-refractivity contribution is 5.73. The van der Waals surface area contributed by atoms with Crippen molar-refractivity contribution in [2.75, 3.05) is 20.2 Å². The van der Waals surface area contributed by atoms with Gasteiger partial charge in [-0.25, -0.2) is 4.79 Å². The van der Waals surface area contributed by atoms with Gasteiger partial charge in [0.15, 0.2) is 0 Å². The van der Waals surface area contributed by atoms with E-state index in [-0.39, 0.29) is 6.03 Å². The van der Waals surface area contributed by atoms with Gasteiger partial charge in [0.05, 0.1) is 6.61 Å². The van der Waals surface area contributed by atoms with Gasteiger partial charge in [-0.15, -0.1) is 0 Å². The largest absolute Gasteiger partial charge is 0.494 e. The summed E-state index contributed by atoms with van der Waals surface area (Å²) < 4.78 is 5.62. The monoisotopic (exact) mass is 312 g/mol. The predicted octanol–water partition coefficient (Wildman–Crippen LogP) is 3.69. The number of unbranched alkanes of at least 4 members (excludes halogenated alkanes) is 1. The van der Waals surface area contributed by atoms with Crippen molar-refractivity contribution in [2.45, 2.75) is 19.4 Å². The maximum Gasteiger partial charge on any atom is 0.317 e. The van der Waals surface area contributed by atoms with Crippen molar-refractivity contribution in [3.63, 3.8) is 0 Å². The van der Waals surface area contributed by atoms with Crippen LogP contribution in [0.1, 0.15) is 18.4 Å². The molecular formula is C19H24N2O2. The number of carbonyl (C=O) groups excluding carboxylic acids is 1. The van der Waals surface area contributed by atoms with Crippen LogP contribution in [-0.4, -0.2) is 31.1 Å². The van der Waals surface area contributed by atoms with E-state index < -0.39 is 0 Å². The minimum atomic E-state index is -0.0437. The average molecular weight is 312 g/mol. The maximum atomic E-state index is 12.0. The first-order valence-electron chi connectivity index (χ1n) is 7.96. The Labute approximate surface area is 138 Å². The fourth-order valence-corrected chi connectivity index (χ4v) is 2.19. The van der Waals surface area contributed by atoms with Crippen LogP contribution in [0.2, 0.25) is 0 Å². The first-order valence-corrected chi connectivity index (χ1v) is 7.96. The summed E-state index contributed by atoms with van der Waals surface area (Å²) in [4.78, 5) is 13.7. The summed E-state index contributed by atoms with van der Waals surface area (Å²) in [6, 6.07) is 19.7. The van der Waals surface area contributed by atoms with Gasteiger partial charge in [0, 0.05) is 20.1 Å². The molecule has 1 N–H and O–H groups in total. The molecule has 0 aliphatic heterocycles. The van der Waals surface area contributed by atoms with Crippen LogP contribution in [0.25, 0.3) is 0 Å². The number of nitrogens with one attached hydrogen (secondary N) is 1. The van der Waals surface area contributed by atoms with Crippen LogP contribution < -0.4 is 10.1 Å². The zero-order chi connectivity index (χ0) is 16.3. The van der Waals surface area contributed by atoms with Crippen LogP contribution in [0.4, 0.5) is 4.79 Å². The molecule has 0 atom stereocenters. The summed E-state index contributed by atoms with van der Waals surface area (Å²) in [5.41, 5.74) is 1.13. The second-order valence-corrected chi connectivity index (χ2v) is 5.44. The van der Waals surface area contributed by atoms with E-state index in [2.05, 4.69) is 5.32 Å². The molecule has 0 aromatic heterocycles. The molecule has 0 fully saturated rings. The lowest BCUT2D eigenvalue weighted by Gasteiger charge is -2.18. The normalized spacial score (nSPS) is 10.1. The van der Waals surface area contributed by atoms with Crippen molar-refractivity contribution in [2.24, 2.45) is 0 Å². The lowest BCUT2D eigenvalue weighted by Crippen LogP contribution is -2.37. The second kappa shape index (κ2) is 9.51. The van der Waals surface area contributed by atoms with Crippen LogP contribution >= 0.6 is 0 Å².